The van der Waals surface area contributed by atoms with Crippen molar-refractivity contribution in [3.8, 4) is 0 Å². The predicted molar refractivity (Wildman–Crippen MR) is 125 cm³/mol. The molecule has 0 saturated heterocycles. The van der Waals surface area contributed by atoms with Crippen LogP contribution in [0.4, 0.5) is 5.69 Å². The number of rotatable bonds is 10. The molecule has 0 radical (unpaired) electrons. The number of primary amides is 1. The van der Waals surface area contributed by atoms with Crippen molar-refractivity contribution in [3.05, 3.63) is 21.8 Å². The first-order chi connectivity index (χ1) is 13.1. The molecule has 0 spiro atoms. The number of hydrogen-bond acceptors (Lipinski definition) is 8. The van der Waals surface area contributed by atoms with E-state index in [-0.39, 0.29) is 30.8 Å². The summed E-state index contributed by atoms with van der Waals surface area (Å²) in [5.41, 5.74) is 6.29. The molecule has 0 fully saturated rings. The van der Waals surface area contributed by atoms with Crippen LogP contribution in [0, 0.1) is 10.7 Å². The zero-order valence-corrected chi connectivity index (χ0v) is 20.8. The number of nitrogens with one attached hydrogen (secondary N) is 2. The van der Waals surface area contributed by atoms with Crippen LogP contribution in [-0.4, -0.2) is 72.1 Å². The Labute approximate surface area is 201 Å². The topological polar surface area (TPSA) is 171 Å². The summed E-state index contributed by atoms with van der Waals surface area (Å²) in [7, 11) is 0. The molecule has 7 N–H and O–H groups in total. The third-order valence-corrected chi connectivity index (χ3v) is 6.53. The second kappa shape index (κ2) is 12.3. The summed E-state index contributed by atoms with van der Waals surface area (Å²) in [5, 5.41) is 32.4. The number of benzene rings is 1. The Balaban J connectivity index is 3.21. The zero-order valence-electron chi connectivity index (χ0n) is 14.3. The molecule has 0 aromatic heterocycles. The van der Waals surface area contributed by atoms with Gasteiger partial charge in [0.25, 0.3) is 11.8 Å². The Morgan fingerprint density at radius 1 is 1.07 bits per heavy atom. The monoisotopic (exact) mass is 733 g/mol. The number of anilines is 1. The van der Waals surface area contributed by atoms with Crippen LogP contribution < -0.4 is 16.4 Å². The molecule has 0 aliphatic carbocycles. The first kappa shape index (κ1) is 25.5. The van der Waals surface area contributed by atoms with Crippen LogP contribution in [-0.2, 0) is 9.53 Å². The number of aliphatic hydroxyl groups is 3. The van der Waals surface area contributed by atoms with Crippen LogP contribution in [0.3, 0.4) is 0 Å². The highest BCUT2D eigenvalue weighted by atomic mass is 127. The van der Waals surface area contributed by atoms with E-state index in [1.54, 1.807) is 0 Å². The van der Waals surface area contributed by atoms with Crippen molar-refractivity contribution in [2.24, 2.45) is 5.73 Å². The lowest BCUT2D eigenvalue weighted by molar-refractivity contribution is -0.146. The van der Waals surface area contributed by atoms with E-state index in [1.165, 1.54) is 0 Å². The molecule has 2 amide bonds. The summed E-state index contributed by atoms with van der Waals surface area (Å²) in [6.07, 6.45) is -1.11. The molecule has 1 aromatic carbocycles. The van der Waals surface area contributed by atoms with E-state index in [1.807, 2.05) is 67.8 Å². The highest BCUT2D eigenvalue weighted by Crippen LogP contribution is 2.35. The summed E-state index contributed by atoms with van der Waals surface area (Å²) in [6, 6.07) is 0. The van der Waals surface area contributed by atoms with Crippen molar-refractivity contribution in [1.82, 2.24) is 5.32 Å². The second-order valence-electron chi connectivity index (χ2n) is 5.28. The highest BCUT2D eigenvalue weighted by molar-refractivity contribution is 14.1. The summed E-state index contributed by atoms with van der Waals surface area (Å²) in [4.78, 5) is 35.5. The van der Waals surface area contributed by atoms with Crippen LogP contribution in [0.2, 0.25) is 0 Å². The molecule has 13 heteroatoms. The van der Waals surface area contributed by atoms with Crippen molar-refractivity contribution in [2.75, 3.05) is 38.2 Å². The average molecular weight is 733 g/mol. The summed E-state index contributed by atoms with van der Waals surface area (Å²) in [5.74, 6) is -2.03. The first-order valence-corrected chi connectivity index (χ1v) is 11.0. The van der Waals surface area contributed by atoms with Crippen molar-refractivity contribution in [3.63, 3.8) is 0 Å². The first-order valence-electron chi connectivity index (χ1n) is 7.73. The quantitative estimate of drug-likeness (QED) is 0.108. The lowest BCUT2D eigenvalue weighted by Gasteiger charge is -2.19. The zero-order chi connectivity index (χ0) is 21.4. The van der Waals surface area contributed by atoms with Crippen molar-refractivity contribution in [1.29, 1.82) is 0 Å². The van der Waals surface area contributed by atoms with Gasteiger partial charge in [-0.25, -0.2) is 4.79 Å². The van der Waals surface area contributed by atoms with Gasteiger partial charge in [0.2, 0.25) is 0 Å². The van der Waals surface area contributed by atoms with Crippen LogP contribution in [0.15, 0.2) is 0 Å². The van der Waals surface area contributed by atoms with Crippen LogP contribution in [0.25, 0.3) is 0 Å². The number of hydrogen-bond donors (Lipinski definition) is 6. The number of carbonyl (C=O) groups is 3. The SMILES string of the molecule is NC(=O)c1c(I)c(NCCOC(=O)CO)c(I)c(C(=O)NCC(O)CO)c1I. The van der Waals surface area contributed by atoms with E-state index < -0.39 is 37.1 Å². The van der Waals surface area contributed by atoms with Gasteiger partial charge in [-0.2, -0.15) is 0 Å². The number of halogens is 3. The highest BCUT2D eigenvalue weighted by Gasteiger charge is 2.27. The van der Waals surface area contributed by atoms with Crippen molar-refractivity contribution in [2.45, 2.75) is 6.10 Å². The number of carbonyl (C=O) groups excluding carboxylic acids is 3. The molecule has 0 aliphatic rings. The molecule has 0 heterocycles. The Bertz CT molecular complexity index is 761. The molecule has 1 aromatic rings. The van der Waals surface area contributed by atoms with E-state index in [2.05, 4.69) is 10.6 Å². The van der Waals surface area contributed by atoms with Crippen LogP contribution in [0.5, 0.6) is 0 Å². The van der Waals surface area contributed by atoms with Crippen molar-refractivity contribution >= 4 is 91.2 Å². The number of aliphatic hydroxyl groups excluding tert-OH is 3. The molecule has 156 valence electrons. The smallest absolute Gasteiger partial charge is 0.331 e. The Hall–Kier alpha value is -0.500. The van der Waals surface area contributed by atoms with Gasteiger partial charge in [0, 0.05) is 16.7 Å². The fraction of sp³-hybridized carbons (Fsp3) is 0.400. The molecule has 1 rings (SSSR count). The number of esters is 1. The van der Waals surface area contributed by atoms with Crippen LogP contribution >= 0.6 is 67.8 Å². The van der Waals surface area contributed by atoms with Gasteiger partial charge in [-0.1, -0.05) is 0 Å². The molecule has 0 bridgehead atoms. The van der Waals surface area contributed by atoms with Gasteiger partial charge in [-0.15, -0.1) is 0 Å². The van der Waals surface area contributed by atoms with Gasteiger partial charge in [0.05, 0.1) is 36.7 Å². The number of nitrogens with two attached hydrogens (primary N) is 1. The predicted octanol–water partition coefficient (Wildman–Crippen LogP) is -0.370. The van der Waals surface area contributed by atoms with Crippen LogP contribution in [0.1, 0.15) is 20.7 Å². The molecular formula is C15H18I3N3O7. The Morgan fingerprint density at radius 2 is 1.68 bits per heavy atom. The van der Waals surface area contributed by atoms with Gasteiger partial charge in [-0.05, 0) is 67.8 Å². The molecule has 1 unspecified atom stereocenters. The van der Waals surface area contributed by atoms with E-state index in [4.69, 9.17) is 20.7 Å². The Kier molecular flexibility index (Phi) is 11.2. The van der Waals surface area contributed by atoms with Gasteiger partial charge in [0.15, 0.2) is 0 Å². The summed E-state index contributed by atoms with van der Waals surface area (Å²) < 4.78 is 6.12. The average Bonchev–Trinajstić information content (AvgIpc) is 2.64. The number of amides is 2. The normalized spacial score (nSPS) is 11.6. The molecular weight excluding hydrogens is 715 g/mol. The number of ether oxygens (including phenoxy) is 1. The maximum atomic E-state index is 12.6. The third-order valence-electron chi connectivity index (χ3n) is 3.30. The van der Waals surface area contributed by atoms with E-state index in [0.29, 0.717) is 16.4 Å². The fourth-order valence-corrected chi connectivity index (χ4v) is 6.55. The molecule has 0 saturated carbocycles. The van der Waals surface area contributed by atoms with E-state index in [0.717, 1.165) is 0 Å². The minimum absolute atomic E-state index is 0.0341. The van der Waals surface area contributed by atoms with Gasteiger partial charge in [-0.3, -0.25) is 9.59 Å². The summed E-state index contributed by atoms with van der Waals surface area (Å²) >= 11 is 5.73. The van der Waals surface area contributed by atoms with Gasteiger partial charge in [0.1, 0.15) is 13.2 Å². The minimum Gasteiger partial charge on any atom is -0.462 e. The molecule has 28 heavy (non-hydrogen) atoms. The lowest BCUT2D eigenvalue weighted by atomic mass is 10.1. The second-order valence-corrected chi connectivity index (χ2v) is 8.52. The Morgan fingerprint density at radius 3 is 2.21 bits per heavy atom. The van der Waals surface area contributed by atoms with Gasteiger partial charge >= 0.3 is 5.97 Å². The maximum Gasteiger partial charge on any atom is 0.331 e. The standard InChI is InChI=1S/C15H18I3N3O7/c16-10-8(14(19)26)11(17)13(20-1-2-28-7(25)5-23)12(18)9(10)15(27)21-3-6(24)4-22/h6,20,22-24H,1-5H2,(H2,19,26)(H,21,27). The molecule has 10 nitrogen and oxygen atoms in total. The molecule has 1 atom stereocenters. The minimum atomic E-state index is -1.11. The molecule has 0 aliphatic heterocycles. The van der Waals surface area contributed by atoms with E-state index >= 15 is 0 Å². The van der Waals surface area contributed by atoms with Crippen molar-refractivity contribution < 1.29 is 34.4 Å². The van der Waals surface area contributed by atoms with E-state index in [9.17, 15) is 19.5 Å². The fourth-order valence-electron chi connectivity index (χ4n) is 1.98. The summed E-state index contributed by atoms with van der Waals surface area (Å²) in [6.45, 7) is -1.27. The third kappa shape index (κ3) is 6.78. The maximum absolute atomic E-state index is 12.6. The largest absolute Gasteiger partial charge is 0.462 e. The lowest BCUT2D eigenvalue weighted by Crippen LogP contribution is -2.35. The van der Waals surface area contributed by atoms with Gasteiger partial charge < -0.3 is 36.4 Å².